The third-order valence-corrected chi connectivity index (χ3v) is 6.14. The molecule has 0 bridgehead atoms. The molecule has 1 aliphatic rings. The van der Waals surface area contributed by atoms with Crippen molar-refractivity contribution < 1.29 is 33.7 Å². The van der Waals surface area contributed by atoms with Crippen LogP contribution < -0.4 is 28.9 Å². The zero-order valence-electron chi connectivity index (χ0n) is 19.2. The van der Waals surface area contributed by atoms with Crippen molar-refractivity contribution in [2.24, 2.45) is 0 Å². The summed E-state index contributed by atoms with van der Waals surface area (Å²) in [6.07, 6.45) is 8.51. The second-order valence-corrected chi connectivity index (χ2v) is 8.77. The summed E-state index contributed by atoms with van der Waals surface area (Å²) in [4.78, 5) is 2.10. The Morgan fingerprint density at radius 3 is 2.28 bits per heavy atom. The van der Waals surface area contributed by atoms with Gasteiger partial charge in [-0.05, 0) is 48.4 Å². The molecule has 0 amide bonds. The highest BCUT2D eigenvalue weighted by Gasteiger charge is 2.45. The maximum absolute atomic E-state index is 9.74. The van der Waals surface area contributed by atoms with E-state index in [4.69, 9.17) is 0 Å². The second kappa shape index (κ2) is 10.0. The van der Waals surface area contributed by atoms with E-state index in [0.29, 0.717) is 6.54 Å². The van der Waals surface area contributed by atoms with Crippen LogP contribution in [0.15, 0.2) is 78.9 Å². The highest BCUT2D eigenvalue weighted by molar-refractivity contribution is 6.07. The van der Waals surface area contributed by atoms with Crippen LogP contribution in [0.2, 0.25) is 0 Å². The first kappa shape index (κ1) is 24.2. The highest BCUT2D eigenvalue weighted by Crippen LogP contribution is 2.44. The number of aliphatic hydroxyl groups excluding tert-OH is 1. The van der Waals surface area contributed by atoms with Crippen molar-refractivity contribution in [1.29, 1.82) is 0 Å². The Hall–Kier alpha value is -2.44. The molecule has 0 aromatic heterocycles. The summed E-state index contributed by atoms with van der Waals surface area (Å²) >= 11 is 0. The van der Waals surface area contributed by atoms with Crippen LogP contribution in [0.4, 0.5) is 11.4 Å². The topological polar surface area (TPSA) is 26.5 Å². The number of allylic oxidation sites excluding steroid dienone is 3. The molecule has 0 saturated carbocycles. The van der Waals surface area contributed by atoms with Crippen molar-refractivity contribution in [3.63, 3.8) is 0 Å². The normalized spacial score (nSPS) is 14.9. The fourth-order valence-corrected chi connectivity index (χ4v) is 4.57. The average molecular weight is 538 g/mol. The first-order valence-electron chi connectivity index (χ1n) is 10.8. The lowest BCUT2D eigenvalue weighted by molar-refractivity contribution is -0.440. The Labute approximate surface area is 208 Å². The zero-order valence-corrected chi connectivity index (χ0v) is 21.4. The van der Waals surface area contributed by atoms with Gasteiger partial charge in [-0.3, -0.25) is 0 Å². The van der Waals surface area contributed by atoms with E-state index in [1.54, 1.807) is 0 Å². The molecule has 0 fully saturated rings. The summed E-state index contributed by atoms with van der Waals surface area (Å²) in [5.74, 6) is 0. The van der Waals surface area contributed by atoms with Gasteiger partial charge in [-0.25, -0.2) is 0 Å². The number of benzene rings is 3. The van der Waals surface area contributed by atoms with Crippen molar-refractivity contribution in [2.75, 3.05) is 32.1 Å². The van der Waals surface area contributed by atoms with E-state index in [0.717, 1.165) is 0 Å². The van der Waals surface area contributed by atoms with Gasteiger partial charge in [-0.15, -0.1) is 0 Å². The van der Waals surface area contributed by atoms with Crippen molar-refractivity contribution in [3.8, 4) is 0 Å². The lowest BCUT2D eigenvalue weighted by Crippen LogP contribution is -3.00. The molecule has 1 aliphatic heterocycles. The third kappa shape index (κ3) is 4.52. The fraction of sp³-hybridized carbons (Fsp3) is 0.250. The Morgan fingerprint density at radius 1 is 0.906 bits per heavy atom. The van der Waals surface area contributed by atoms with Gasteiger partial charge >= 0.3 is 0 Å². The predicted molar refractivity (Wildman–Crippen MR) is 133 cm³/mol. The van der Waals surface area contributed by atoms with E-state index in [2.05, 4.69) is 108 Å². The van der Waals surface area contributed by atoms with Gasteiger partial charge in [0.1, 0.15) is 6.61 Å². The van der Waals surface area contributed by atoms with E-state index >= 15 is 0 Å². The minimum absolute atomic E-state index is 0. The van der Waals surface area contributed by atoms with Crippen LogP contribution in [0.5, 0.6) is 0 Å². The van der Waals surface area contributed by atoms with E-state index in [-0.39, 0.29) is 36.0 Å². The number of halogens is 1. The molecule has 1 N–H and O–H groups in total. The molecule has 0 atom stereocenters. The molecule has 1 heterocycles. The number of nitrogens with zero attached hydrogens (tertiary/aromatic N) is 2. The van der Waals surface area contributed by atoms with Crippen LogP contribution in [-0.2, 0) is 5.41 Å². The van der Waals surface area contributed by atoms with E-state index in [9.17, 15) is 5.11 Å². The van der Waals surface area contributed by atoms with E-state index in [1.165, 1.54) is 39.0 Å². The highest BCUT2D eigenvalue weighted by atomic mass is 127. The zero-order chi connectivity index (χ0) is 22.0. The maximum atomic E-state index is 9.74. The number of aliphatic hydroxyl groups is 1. The SMILES string of the molecule is CN(C)c1ccc(/C=C/C=C/C2=[N+](CCO)c3ccc4ccccc4c3C2(C)C)cc1.[I-]. The molecule has 0 aliphatic carbocycles. The number of anilines is 1. The van der Waals surface area contributed by atoms with Crippen molar-refractivity contribution >= 4 is 33.9 Å². The average Bonchev–Trinajstić information content (AvgIpc) is 2.98. The van der Waals surface area contributed by atoms with Gasteiger partial charge in [-0.2, -0.15) is 4.58 Å². The molecule has 3 aromatic rings. The maximum Gasteiger partial charge on any atom is 0.210 e. The van der Waals surface area contributed by atoms with Crippen LogP contribution in [0.3, 0.4) is 0 Å². The van der Waals surface area contributed by atoms with Gasteiger partial charge in [0, 0.05) is 37.5 Å². The Kier molecular flexibility index (Phi) is 7.57. The minimum atomic E-state index is -0.150. The van der Waals surface area contributed by atoms with Crippen LogP contribution in [0.25, 0.3) is 16.8 Å². The Balaban J connectivity index is 0.00000289. The molecule has 0 spiro atoms. The predicted octanol–water partition coefficient (Wildman–Crippen LogP) is 2.55. The minimum Gasteiger partial charge on any atom is -1.00 e. The molecule has 0 radical (unpaired) electrons. The molecule has 0 saturated heterocycles. The van der Waals surface area contributed by atoms with Crippen LogP contribution in [0, 0.1) is 0 Å². The number of hydrogen-bond acceptors (Lipinski definition) is 2. The summed E-state index contributed by atoms with van der Waals surface area (Å²) < 4.78 is 2.26. The largest absolute Gasteiger partial charge is 1.00 e. The molecule has 166 valence electrons. The lowest BCUT2D eigenvalue weighted by Gasteiger charge is -2.17. The lowest BCUT2D eigenvalue weighted by atomic mass is 9.79. The first-order valence-corrected chi connectivity index (χ1v) is 10.8. The van der Waals surface area contributed by atoms with Gasteiger partial charge in [0.05, 0.1) is 5.41 Å². The summed E-state index contributed by atoms with van der Waals surface area (Å²) in [7, 11) is 4.10. The summed E-state index contributed by atoms with van der Waals surface area (Å²) in [5.41, 5.74) is 5.96. The monoisotopic (exact) mass is 538 g/mol. The quantitative estimate of drug-likeness (QED) is 0.297. The standard InChI is InChI=1S/C28H31N2O.HI/c1-28(2)26(12-8-5-9-21-13-16-23(17-14-21)29(3)4)30(19-20-31)25-18-15-22-10-6-7-11-24(22)27(25)28;/h5-18,31H,19-20H2,1-4H3;1H/q+1;/p-1. The van der Waals surface area contributed by atoms with Gasteiger partial charge in [0.25, 0.3) is 0 Å². The Bertz CT molecular complexity index is 1190. The number of fused-ring (bicyclic) bond motifs is 3. The first-order chi connectivity index (χ1) is 14.9. The summed E-state index contributed by atoms with van der Waals surface area (Å²) in [5, 5.41) is 12.3. The van der Waals surface area contributed by atoms with Crippen molar-refractivity contribution in [1.82, 2.24) is 0 Å². The molecule has 4 heteroatoms. The Morgan fingerprint density at radius 2 is 1.59 bits per heavy atom. The number of rotatable bonds is 6. The van der Waals surface area contributed by atoms with Crippen LogP contribution >= 0.6 is 0 Å². The molecule has 32 heavy (non-hydrogen) atoms. The molecular weight excluding hydrogens is 507 g/mol. The number of β-amino-alcohol motifs (C(OH)–C–C–N with tert-alkyl or cyclic N) is 1. The van der Waals surface area contributed by atoms with Gasteiger partial charge in [0.2, 0.25) is 5.69 Å². The second-order valence-electron chi connectivity index (χ2n) is 8.77. The van der Waals surface area contributed by atoms with Gasteiger partial charge in [0.15, 0.2) is 12.3 Å². The molecule has 3 aromatic carbocycles. The molecule has 3 nitrogen and oxygen atoms in total. The summed E-state index contributed by atoms with van der Waals surface area (Å²) in [6, 6.07) is 21.5. The number of hydrogen-bond donors (Lipinski definition) is 1. The molecular formula is C28H31IN2O. The van der Waals surface area contributed by atoms with Gasteiger partial charge < -0.3 is 34.0 Å². The van der Waals surface area contributed by atoms with Crippen LogP contribution in [-0.4, -0.2) is 42.6 Å². The molecule has 0 unspecified atom stereocenters. The third-order valence-electron chi connectivity index (χ3n) is 6.14. The fourth-order valence-electron chi connectivity index (χ4n) is 4.57. The van der Waals surface area contributed by atoms with Gasteiger partial charge in [-0.1, -0.05) is 54.6 Å². The van der Waals surface area contributed by atoms with E-state index in [1.807, 2.05) is 14.1 Å². The summed E-state index contributed by atoms with van der Waals surface area (Å²) in [6.45, 7) is 5.26. The van der Waals surface area contributed by atoms with Crippen molar-refractivity contribution in [3.05, 3.63) is 90.0 Å². The smallest absolute Gasteiger partial charge is 0.210 e. The van der Waals surface area contributed by atoms with Crippen molar-refractivity contribution in [2.45, 2.75) is 19.3 Å². The molecule has 4 rings (SSSR count). The van der Waals surface area contributed by atoms with E-state index < -0.39 is 0 Å². The van der Waals surface area contributed by atoms with Crippen LogP contribution in [0.1, 0.15) is 25.0 Å².